The number of carbonyl (C=O) groups excluding carboxylic acids is 3. The second kappa shape index (κ2) is 13.6. The summed E-state index contributed by atoms with van der Waals surface area (Å²) in [5, 5.41) is 27.8. The Labute approximate surface area is 232 Å². The summed E-state index contributed by atoms with van der Waals surface area (Å²) in [4.78, 5) is 53.7. The van der Waals surface area contributed by atoms with Crippen LogP contribution in [0.1, 0.15) is 38.3 Å². The highest BCUT2D eigenvalue weighted by molar-refractivity contribution is 5.94. The average Bonchev–Trinajstić information content (AvgIpc) is 3.31. The molecule has 0 fully saturated rings. The molecule has 11 heteroatoms. The third kappa shape index (κ3) is 8.31. The third-order valence-electron chi connectivity index (χ3n) is 6.53. The molecule has 0 saturated carbocycles. The number of hydrogen-bond acceptors (Lipinski definition) is 6. The standard InChI is InChI=1S/C29H37N5O6/c1-16(2)12-24(33-27(37)22(30)13-18-8-10-20(35)11-9-18)28(38)32-17(3)26(36)34-25(29(39)40)14-19-15-31-23-7-5-4-6-21(19)23/h4-11,15-17,22,24-25,31,35H,12-14,30H2,1-3H3,(H,32,38)(H,33,37)(H,34,36)(H,39,40). The number of aliphatic carboxylic acids is 1. The van der Waals surface area contributed by atoms with Crippen LogP contribution < -0.4 is 21.7 Å². The van der Waals surface area contributed by atoms with Crippen molar-refractivity contribution in [1.29, 1.82) is 0 Å². The van der Waals surface area contributed by atoms with Crippen LogP contribution in [0.4, 0.5) is 0 Å². The van der Waals surface area contributed by atoms with Gasteiger partial charge in [0.05, 0.1) is 6.04 Å². The number of carboxylic acid groups (broad SMARTS) is 1. The van der Waals surface area contributed by atoms with Crippen LogP contribution in [0.3, 0.4) is 0 Å². The first-order valence-electron chi connectivity index (χ1n) is 13.2. The molecule has 11 nitrogen and oxygen atoms in total. The number of aromatic nitrogens is 1. The average molecular weight is 552 g/mol. The van der Waals surface area contributed by atoms with Crippen LogP contribution in [0.2, 0.25) is 0 Å². The predicted molar refractivity (Wildman–Crippen MR) is 150 cm³/mol. The van der Waals surface area contributed by atoms with Gasteiger partial charge in [0.25, 0.3) is 0 Å². The van der Waals surface area contributed by atoms with Gasteiger partial charge in [-0.3, -0.25) is 14.4 Å². The van der Waals surface area contributed by atoms with Crippen molar-refractivity contribution in [3.63, 3.8) is 0 Å². The highest BCUT2D eigenvalue weighted by Crippen LogP contribution is 2.19. The maximum Gasteiger partial charge on any atom is 0.326 e. The Hall–Kier alpha value is -4.38. The fourth-order valence-electron chi connectivity index (χ4n) is 4.36. The fourth-order valence-corrected chi connectivity index (χ4v) is 4.36. The van der Waals surface area contributed by atoms with E-state index in [2.05, 4.69) is 20.9 Å². The lowest BCUT2D eigenvalue weighted by Gasteiger charge is -2.24. The first-order valence-corrected chi connectivity index (χ1v) is 13.2. The topological polar surface area (TPSA) is 187 Å². The van der Waals surface area contributed by atoms with E-state index >= 15 is 0 Å². The van der Waals surface area contributed by atoms with Crippen molar-refractivity contribution in [1.82, 2.24) is 20.9 Å². The molecule has 4 atom stereocenters. The third-order valence-corrected chi connectivity index (χ3v) is 6.53. The lowest BCUT2D eigenvalue weighted by atomic mass is 10.0. The van der Waals surface area contributed by atoms with Crippen molar-refractivity contribution in [2.45, 2.75) is 64.2 Å². The number of fused-ring (bicyclic) bond motifs is 1. The monoisotopic (exact) mass is 551 g/mol. The highest BCUT2D eigenvalue weighted by atomic mass is 16.4. The van der Waals surface area contributed by atoms with Gasteiger partial charge in [0.15, 0.2) is 0 Å². The minimum absolute atomic E-state index is 0.0427. The summed E-state index contributed by atoms with van der Waals surface area (Å²) in [5.41, 5.74) is 8.40. The molecule has 8 N–H and O–H groups in total. The molecular formula is C29H37N5O6. The van der Waals surface area contributed by atoms with Crippen LogP contribution in [0.25, 0.3) is 10.9 Å². The van der Waals surface area contributed by atoms with E-state index in [9.17, 15) is 29.4 Å². The number of para-hydroxylation sites is 1. The van der Waals surface area contributed by atoms with E-state index in [1.54, 1.807) is 18.3 Å². The number of hydrogen-bond donors (Lipinski definition) is 7. The minimum atomic E-state index is -1.21. The number of phenols is 1. The molecule has 0 aliphatic heterocycles. The van der Waals surface area contributed by atoms with E-state index in [1.807, 2.05) is 38.1 Å². The number of nitrogens with two attached hydrogens (primary N) is 1. The number of nitrogens with one attached hydrogen (secondary N) is 4. The molecular weight excluding hydrogens is 514 g/mol. The van der Waals surface area contributed by atoms with Gasteiger partial charge < -0.3 is 36.9 Å². The molecule has 0 bridgehead atoms. The van der Waals surface area contributed by atoms with Gasteiger partial charge in [0.2, 0.25) is 17.7 Å². The first kappa shape index (κ1) is 30.2. The largest absolute Gasteiger partial charge is 0.508 e. The molecule has 3 amide bonds. The molecule has 0 aliphatic rings. The van der Waals surface area contributed by atoms with E-state index in [-0.39, 0.29) is 24.5 Å². The molecule has 1 heterocycles. The number of aromatic amines is 1. The van der Waals surface area contributed by atoms with Crippen molar-refractivity contribution in [3.8, 4) is 5.75 Å². The lowest BCUT2D eigenvalue weighted by Crippen LogP contribution is -2.56. The van der Waals surface area contributed by atoms with Gasteiger partial charge in [-0.1, -0.05) is 44.2 Å². The van der Waals surface area contributed by atoms with Crippen LogP contribution in [-0.2, 0) is 32.0 Å². The van der Waals surface area contributed by atoms with Gasteiger partial charge in [-0.15, -0.1) is 0 Å². The number of benzene rings is 2. The summed E-state index contributed by atoms with van der Waals surface area (Å²) in [7, 11) is 0. The summed E-state index contributed by atoms with van der Waals surface area (Å²) in [5.74, 6) is -2.84. The van der Waals surface area contributed by atoms with Crippen LogP contribution in [0.15, 0.2) is 54.7 Å². The van der Waals surface area contributed by atoms with Gasteiger partial charge in [0.1, 0.15) is 23.9 Å². The van der Waals surface area contributed by atoms with E-state index in [0.717, 1.165) is 22.0 Å². The summed E-state index contributed by atoms with van der Waals surface area (Å²) in [6, 6.07) is 9.59. The van der Waals surface area contributed by atoms with Gasteiger partial charge in [-0.2, -0.15) is 0 Å². The summed E-state index contributed by atoms with van der Waals surface area (Å²) in [6.07, 6.45) is 2.27. The van der Waals surface area contributed by atoms with Gasteiger partial charge in [-0.25, -0.2) is 4.79 Å². The van der Waals surface area contributed by atoms with Gasteiger partial charge >= 0.3 is 5.97 Å². The second-order valence-electron chi connectivity index (χ2n) is 10.4. The molecule has 0 radical (unpaired) electrons. The Morgan fingerprint density at radius 3 is 2.15 bits per heavy atom. The molecule has 214 valence electrons. The lowest BCUT2D eigenvalue weighted by molar-refractivity contribution is -0.142. The normalized spacial score (nSPS) is 14.2. The molecule has 0 saturated heterocycles. The predicted octanol–water partition coefficient (Wildman–Crippen LogP) is 1.59. The van der Waals surface area contributed by atoms with Crippen molar-refractivity contribution < 1.29 is 29.4 Å². The Bertz CT molecular complexity index is 1340. The highest BCUT2D eigenvalue weighted by Gasteiger charge is 2.29. The zero-order valence-electron chi connectivity index (χ0n) is 22.8. The van der Waals surface area contributed by atoms with Gasteiger partial charge in [0, 0.05) is 23.5 Å². The van der Waals surface area contributed by atoms with Crippen molar-refractivity contribution in [3.05, 3.63) is 65.9 Å². The maximum absolute atomic E-state index is 13.1. The Morgan fingerprint density at radius 2 is 1.50 bits per heavy atom. The number of rotatable bonds is 13. The van der Waals surface area contributed by atoms with Crippen molar-refractivity contribution in [2.75, 3.05) is 0 Å². The van der Waals surface area contributed by atoms with Crippen molar-refractivity contribution in [2.24, 2.45) is 11.7 Å². The molecule has 3 aromatic rings. The smallest absolute Gasteiger partial charge is 0.326 e. The zero-order valence-corrected chi connectivity index (χ0v) is 22.8. The summed E-state index contributed by atoms with van der Waals surface area (Å²) < 4.78 is 0. The number of amides is 3. The van der Waals surface area contributed by atoms with Crippen LogP contribution in [0.5, 0.6) is 5.75 Å². The number of carbonyl (C=O) groups is 4. The van der Waals surface area contributed by atoms with Crippen LogP contribution in [0, 0.1) is 5.92 Å². The number of aromatic hydroxyl groups is 1. The Morgan fingerprint density at radius 1 is 0.850 bits per heavy atom. The quantitative estimate of drug-likeness (QED) is 0.168. The summed E-state index contributed by atoms with van der Waals surface area (Å²) in [6.45, 7) is 5.23. The number of carboxylic acids is 1. The molecule has 4 unspecified atom stereocenters. The minimum Gasteiger partial charge on any atom is -0.508 e. The number of phenolic OH excluding ortho intramolecular Hbond substituents is 1. The van der Waals surface area contributed by atoms with E-state index in [1.165, 1.54) is 19.1 Å². The Kier molecular flexibility index (Phi) is 10.3. The molecule has 3 rings (SSSR count). The number of H-pyrrole nitrogens is 1. The maximum atomic E-state index is 13.1. The molecule has 0 aliphatic carbocycles. The molecule has 2 aromatic carbocycles. The SMILES string of the molecule is CC(C)CC(NC(=O)C(N)Cc1ccc(O)cc1)C(=O)NC(C)C(=O)NC(Cc1c[nH]c2ccccc12)C(=O)O. The molecule has 40 heavy (non-hydrogen) atoms. The molecule has 0 spiro atoms. The van der Waals surface area contributed by atoms with Crippen molar-refractivity contribution >= 4 is 34.6 Å². The summed E-state index contributed by atoms with van der Waals surface area (Å²) >= 11 is 0. The van der Waals surface area contributed by atoms with E-state index < -0.39 is 47.9 Å². The van der Waals surface area contributed by atoms with E-state index in [4.69, 9.17) is 5.73 Å². The van der Waals surface area contributed by atoms with E-state index in [0.29, 0.717) is 6.42 Å². The zero-order chi connectivity index (χ0) is 29.4. The van der Waals surface area contributed by atoms with Gasteiger partial charge in [-0.05, 0) is 55.0 Å². The Balaban J connectivity index is 1.60. The van der Waals surface area contributed by atoms with Crippen LogP contribution >= 0.6 is 0 Å². The van der Waals surface area contributed by atoms with Crippen LogP contribution in [-0.4, -0.2) is 63.1 Å². The first-order chi connectivity index (χ1) is 18.9. The second-order valence-corrected chi connectivity index (χ2v) is 10.4. The fraction of sp³-hybridized carbons (Fsp3) is 0.379. The molecule has 1 aromatic heterocycles.